The molecule has 1 amide bonds. The predicted octanol–water partition coefficient (Wildman–Crippen LogP) is 1.16. The van der Waals surface area contributed by atoms with E-state index in [1.807, 2.05) is 56.5 Å². The smallest absolute Gasteiger partial charge is 0.259 e. The molecular formula is C23H30N6O3. The monoisotopic (exact) mass is 438 g/mol. The van der Waals surface area contributed by atoms with Crippen LogP contribution in [0.1, 0.15) is 29.8 Å². The molecule has 0 saturated heterocycles. The predicted molar refractivity (Wildman–Crippen MR) is 125 cm³/mol. The van der Waals surface area contributed by atoms with Crippen molar-refractivity contribution in [1.82, 2.24) is 25.3 Å². The molecule has 1 aliphatic rings. The van der Waals surface area contributed by atoms with Gasteiger partial charge in [0.1, 0.15) is 5.84 Å². The molecule has 1 aromatic carbocycles. The van der Waals surface area contributed by atoms with Crippen LogP contribution < -0.4 is 15.9 Å². The fourth-order valence-electron chi connectivity index (χ4n) is 2.96. The lowest BCUT2D eigenvalue weighted by Crippen LogP contribution is -2.30. The van der Waals surface area contributed by atoms with Crippen LogP contribution >= 0.6 is 0 Å². The molecule has 0 atom stereocenters. The minimum Gasteiger partial charge on any atom is -0.400 e. The van der Waals surface area contributed by atoms with E-state index in [4.69, 9.17) is 9.84 Å². The van der Waals surface area contributed by atoms with Crippen molar-refractivity contribution < 1.29 is 14.6 Å². The highest BCUT2D eigenvalue weighted by Gasteiger charge is 2.17. The van der Waals surface area contributed by atoms with Crippen molar-refractivity contribution in [2.75, 3.05) is 20.8 Å². The molecule has 0 bridgehead atoms. The Morgan fingerprint density at radius 1 is 1.25 bits per heavy atom. The van der Waals surface area contributed by atoms with Gasteiger partial charge in [-0.2, -0.15) is 10.2 Å². The molecule has 9 heteroatoms. The molecule has 0 spiro atoms. The van der Waals surface area contributed by atoms with Crippen molar-refractivity contribution >= 4 is 29.6 Å². The number of benzene rings is 1. The molecule has 4 rings (SSSR count). The third-order valence-electron chi connectivity index (χ3n) is 4.58. The van der Waals surface area contributed by atoms with Crippen molar-refractivity contribution in [3.05, 3.63) is 64.6 Å². The summed E-state index contributed by atoms with van der Waals surface area (Å²) in [7, 11) is 2.63. The first-order chi connectivity index (χ1) is 15.6. The minimum absolute atomic E-state index is 0.190. The molecule has 0 unspecified atom stereocenters. The summed E-state index contributed by atoms with van der Waals surface area (Å²) in [6, 6.07) is 7.86. The molecule has 1 aliphatic heterocycles. The maximum Gasteiger partial charge on any atom is 0.259 e. The molecule has 170 valence electrons. The van der Waals surface area contributed by atoms with E-state index in [0.29, 0.717) is 31.0 Å². The summed E-state index contributed by atoms with van der Waals surface area (Å²) < 4.78 is 6.66. The quantitative estimate of drug-likeness (QED) is 0.565. The second-order valence-corrected chi connectivity index (χ2v) is 6.62. The fourth-order valence-corrected chi connectivity index (χ4v) is 2.96. The van der Waals surface area contributed by atoms with Crippen LogP contribution in [-0.4, -0.2) is 57.7 Å². The van der Waals surface area contributed by atoms with Crippen LogP contribution in [0.15, 0.2) is 47.8 Å². The Balaban J connectivity index is 0.000000277. The van der Waals surface area contributed by atoms with Crippen LogP contribution in [0.3, 0.4) is 0 Å². The number of para-hydroxylation sites is 1. The van der Waals surface area contributed by atoms with Gasteiger partial charge in [0.2, 0.25) is 0 Å². The van der Waals surface area contributed by atoms with E-state index in [0.717, 1.165) is 28.9 Å². The standard InChI is InChI=1S/C15H16N4O2.C7H10N2.CH4O/c1-21-7-6-19-10-12(9-16-19)15(20)18-14-8-11-4-2-3-5-13(11)17-14;1-3-6-5-8-9-7(6)4-2;1-2/h2-5,9-10H,6-8H2,1H3,(H,17,18,20);3-5,9H,1-2H3;2H,1H3/b;6-3-,7-4+;. The SMILES string of the molecule is C/C=c1/cn[nH]/c1=C/C.CO.COCCn1cc(C(=O)NC2=Nc3ccccc3C2)cn1. The second-order valence-electron chi connectivity index (χ2n) is 6.62. The summed E-state index contributed by atoms with van der Waals surface area (Å²) in [6.07, 6.45) is 9.75. The first-order valence-electron chi connectivity index (χ1n) is 10.2. The van der Waals surface area contributed by atoms with Crippen molar-refractivity contribution in [2.45, 2.75) is 26.8 Å². The van der Waals surface area contributed by atoms with Gasteiger partial charge in [-0.3, -0.25) is 14.6 Å². The number of carbonyl (C=O) groups is 1. The molecule has 0 saturated carbocycles. The van der Waals surface area contributed by atoms with Crippen molar-refractivity contribution in [3.8, 4) is 0 Å². The number of fused-ring (bicyclic) bond motifs is 1. The van der Waals surface area contributed by atoms with Gasteiger partial charge < -0.3 is 15.2 Å². The molecule has 0 radical (unpaired) electrons. The average Bonchev–Trinajstić information content (AvgIpc) is 3.58. The Bertz CT molecular complexity index is 1120. The molecule has 0 fully saturated rings. The van der Waals surface area contributed by atoms with Gasteiger partial charge in [-0.25, -0.2) is 4.99 Å². The molecule has 3 aromatic rings. The topological polar surface area (TPSA) is 117 Å². The van der Waals surface area contributed by atoms with Crippen LogP contribution in [0.2, 0.25) is 0 Å². The molecule has 32 heavy (non-hydrogen) atoms. The van der Waals surface area contributed by atoms with Crippen molar-refractivity contribution in [1.29, 1.82) is 0 Å². The number of aromatic nitrogens is 4. The molecule has 9 nitrogen and oxygen atoms in total. The second kappa shape index (κ2) is 13.0. The zero-order valence-electron chi connectivity index (χ0n) is 18.9. The van der Waals surface area contributed by atoms with Gasteiger partial charge in [0.25, 0.3) is 5.91 Å². The van der Waals surface area contributed by atoms with Gasteiger partial charge in [-0.05, 0) is 25.5 Å². The molecular weight excluding hydrogens is 408 g/mol. The Morgan fingerprint density at radius 3 is 2.69 bits per heavy atom. The zero-order valence-corrected chi connectivity index (χ0v) is 18.9. The van der Waals surface area contributed by atoms with Gasteiger partial charge >= 0.3 is 0 Å². The molecule has 3 N–H and O–H groups in total. The highest BCUT2D eigenvalue weighted by molar-refractivity contribution is 6.08. The lowest BCUT2D eigenvalue weighted by Gasteiger charge is -2.02. The number of ether oxygens (including phenoxy) is 1. The largest absolute Gasteiger partial charge is 0.400 e. The van der Waals surface area contributed by atoms with Crippen LogP contribution in [0.5, 0.6) is 0 Å². The molecule has 3 heterocycles. The van der Waals surface area contributed by atoms with E-state index >= 15 is 0 Å². The van der Waals surface area contributed by atoms with Crippen LogP contribution in [0, 0.1) is 0 Å². The number of aliphatic imine (C=N–C) groups is 1. The Morgan fingerprint density at radius 2 is 2.03 bits per heavy atom. The number of aromatic amines is 1. The summed E-state index contributed by atoms with van der Waals surface area (Å²) in [5.74, 6) is 0.482. The maximum atomic E-state index is 12.2. The van der Waals surface area contributed by atoms with Crippen LogP contribution in [-0.2, 0) is 17.7 Å². The van der Waals surface area contributed by atoms with Crippen molar-refractivity contribution in [3.63, 3.8) is 0 Å². The number of aliphatic hydroxyl groups is 1. The fraction of sp³-hybridized carbons (Fsp3) is 0.304. The first-order valence-corrected chi connectivity index (χ1v) is 10.2. The zero-order chi connectivity index (χ0) is 23.3. The Kier molecular flexibility index (Phi) is 10.0. The number of nitrogens with zero attached hydrogens (tertiary/aromatic N) is 4. The molecule has 0 aliphatic carbocycles. The normalized spacial score (nSPS) is 12.8. The van der Waals surface area contributed by atoms with Crippen LogP contribution in [0.25, 0.3) is 12.2 Å². The lowest BCUT2D eigenvalue weighted by atomic mass is 10.1. The highest BCUT2D eigenvalue weighted by Crippen LogP contribution is 2.25. The summed E-state index contributed by atoms with van der Waals surface area (Å²) >= 11 is 0. The average molecular weight is 439 g/mol. The number of amides is 1. The van der Waals surface area contributed by atoms with E-state index < -0.39 is 0 Å². The number of nitrogens with one attached hydrogen (secondary N) is 2. The highest BCUT2D eigenvalue weighted by atomic mass is 16.5. The third-order valence-corrected chi connectivity index (χ3v) is 4.58. The summed E-state index contributed by atoms with van der Waals surface area (Å²) in [5.41, 5.74) is 2.57. The number of methoxy groups -OCH3 is 1. The number of H-pyrrole nitrogens is 1. The van der Waals surface area contributed by atoms with E-state index in [1.165, 1.54) is 0 Å². The number of rotatable bonds is 4. The van der Waals surface area contributed by atoms with E-state index in [9.17, 15) is 4.79 Å². The number of hydrogen-bond donors (Lipinski definition) is 3. The summed E-state index contributed by atoms with van der Waals surface area (Å²) in [4.78, 5) is 16.6. The Hall–Kier alpha value is -3.56. The van der Waals surface area contributed by atoms with E-state index in [-0.39, 0.29) is 5.91 Å². The summed E-state index contributed by atoms with van der Waals surface area (Å²) in [6.45, 7) is 5.17. The van der Waals surface area contributed by atoms with Crippen molar-refractivity contribution in [2.24, 2.45) is 4.99 Å². The Labute approximate surface area is 187 Å². The first kappa shape index (κ1) is 24.7. The lowest BCUT2D eigenvalue weighted by molar-refractivity contribution is 0.0976. The van der Waals surface area contributed by atoms with Gasteiger partial charge in [-0.1, -0.05) is 30.4 Å². The van der Waals surface area contributed by atoms with Gasteiger partial charge in [0.15, 0.2) is 0 Å². The summed E-state index contributed by atoms with van der Waals surface area (Å²) in [5, 5.41) is 23.0. The number of carbonyl (C=O) groups excluding carboxylic acids is 1. The number of amidine groups is 1. The van der Waals surface area contributed by atoms with Gasteiger partial charge in [-0.15, -0.1) is 0 Å². The van der Waals surface area contributed by atoms with Crippen LogP contribution in [0.4, 0.5) is 5.69 Å². The maximum absolute atomic E-state index is 12.2. The number of hydrogen-bond acceptors (Lipinski definition) is 6. The minimum atomic E-state index is -0.190. The molecule has 2 aromatic heterocycles. The van der Waals surface area contributed by atoms with Gasteiger partial charge in [0, 0.05) is 32.1 Å². The third kappa shape index (κ3) is 6.73. The van der Waals surface area contributed by atoms with E-state index in [1.54, 1.807) is 24.2 Å². The number of aliphatic hydroxyl groups excluding tert-OH is 1. The van der Waals surface area contributed by atoms with Gasteiger partial charge in [0.05, 0.1) is 42.1 Å². The van der Waals surface area contributed by atoms with E-state index in [2.05, 4.69) is 25.6 Å².